The maximum Gasteiger partial charge on any atom is 0.418 e. The number of hydrogen-bond acceptors (Lipinski definition) is 1. The first-order valence-corrected chi connectivity index (χ1v) is 6.37. The van der Waals surface area contributed by atoms with Crippen LogP contribution in [0.1, 0.15) is 31.5 Å². The van der Waals surface area contributed by atoms with Crippen molar-refractivity contribution >= 4 is 15.9 Å². The molecule has 0 aliphatic rings. The van der Waals surface area contributed by atoms with Gasteiger partial charge in [-0.15, -0.1) is 0 Å². The Morgan fingerprint density at radius 2 is 2.00 bits per heavy atom. The summed E-state index contributed by atoms with van der Waals surface area (Å²) in [6.45, 7) is 4.08. The molecule has 0 bridgehead atoms. The first kappa shape index (κ1) is 14.5. The van der Waals surface area contributed by atoms with E-state index in [2.05, 4.69) is 20.9 Å². The van der Waals surface area contributed by atoms with Gasteiger partial charge in [0.05, 0.1) is 11.3 Å². The number of pyridine rings is 1. The lowest BCUT2D eigenvalue weighted by atomic mass is 10.0. The van der Waals surface area contributed by atoms with Gasteiger partial charge in [0.25, 0.3) is 0 Å². The van der Waals surface area contributed by atoms with E-state index in [-0.39, 0.29) is 10.5 Å². The molecular formula is C12H15BrF3N. The fourth-order valence-electron chi connectivity index (χ4n) is 1.66. The van der Waals surface area contributed by atoms with Crippen LogP contribution in [0.15, 0.2) is 18.3 Å². The molecule has 1 nitrogen and oxygen atoms in total. The molecule has 1 atom stereocenters. The molecule has 0 aliphatic heterocycles. The molecule has 1 heterocycles. The van der Waals surface area contributed by atoms with Gasteiger partial charge >= 0.3 is 6.18 Å². The average molecular weight is 310 g/mol. The third kappa shape index (κ3) is 4.66. The van der Waals surface area contributed by atoms with Crippen molar-refractivity contribution in [2.75, 3.05) is 0 Å². The van der Waals surface area contributed by atoms with Crippen molar-refractivity contribution in [3.05, 3.63) is 29.6 Å². The summed E-state index contributed by atoms with van der Waals surface area (Å²) in [5, 5.41) is 0. The predicted octanol–water partition coefficient (Wildman–Crippen LogP) is 4.45. The molecule has 0 saturated heterocycles. The van der Waals surface area contributed by atoms with E-state index in [4.69, 9.17) is 0 Å². The van der Waals surface area contributed by atoms with Crippen molar-refractivity contribution in [2.45, 2.75) is 37.7 Å². The largest absolute Gasteiger partial charge is 0.418 e. The first-order chi connectivity index (χ1) is 7.80. The Balaban J connectivity index is 2.84. The average Bonchev–Trinajstić information content (AvgIpc) is 2.15. The SMILES string of the molecule is CC(C)CC(Br)Cc1ncccc1C(F)(F)F. The lowest BCUT2D eigenvalue weighted by molar-refractivity contribution is -0.138. The normalized spacial score (nSPS) is 14.1. The van der Waals surface area contributed by atoms with Gasteiger partial charge in [-0.1, -0.05) is 29.8 Å². The first-order valence-electron chi connectivity index (χ1n) is 5.46. The lowest BCUT2D eigenvalue weighted by Crippen LogP contribution is -2.15. The molecule has 0 aliphatic carbocycles. The number of alkyl halides is 4. The van der Waals surface area contributed by atoms with Gasteiger partial charge in [-0.2, -0.15) is 13.2 Å². The van der Waals surface area contributed by atoms with Gasteiger partial charge in [0.2, 0.25) is 0 Å². The minimum absolute atomic E-state index is 0.0264. The van der Waals surface area contributed by atoms with Gasteiger partial charge in [0, 0.05) is 17.4 Å². The van der Waals surface area contributed by atoms with Crippen molar-refractivity contribution in [3.8, 4) is 0 Å². The second-order valence-corrected chi connectivity index (χ2v) is 5.72. The van der Waals surface area contributed by atoms with Crippen LogP contribution in [0.25, 0.3) is 0 Å². The van der Waals surface area contributed by atoms with E-state index >= 15 is 0 Å². The molecule has 17 heavy (non-hydrogen) atoms. The molecule has 96 valence electrons. The Kier molecular flexibility index (Phi) is 4.98. The van der Waals surface area contributed by atoms with Crippen molar-refractivity contribution in [1.29, 1.82) is 0 Å². The van der Waals surface area contributed by atoms with E-state index in [9.17, 15) is 13.2 Å². The Morgan fingerprint density at radius 1 is 1.35 bits per heavy atom. The van der Waals surface area contributed by atoms with Crippen molar-refractivity contribution in [3.63, 3.8) is 0 Å². The second-order valence-electron chi connectivity index (χ2n) is 4.43. The van der Waals surface area contributed by atoms with Gasteiger partial charge in [0.1, 0.15) is 0 Å². The smallest absolute Gasteiger partial charge is 0.261 e. The van der Waals surface area contributed by atoms with Gasteiger partial charge in [-0.05, 0) is 24.5 Å². The van der Waals surface area contributed by atoms with Crippen molar-refractivity contribution in [2.24, 2.45) is 5.92 Å². The molecule has 5 heteroatoms. The topological polar surface area (TPSA) is 12.9 Å². The Morgan fingerprint density at radius 3 is 2.53 bits per heavy atom. The Bertz CT molecular complexity index is 363. The zero-order valence-electron chi connectivity index (χ0n) is 9.76. The van der Waals surface area contributed by atoms with Crippen LogP contribution < -0.4 is 0 Å². The van der Waals surface area contributed by atoms with E-state index in [1.54, 1.807) is 0 Å². The third-order valence-electron chi connectivity index (χ3n) is 2.34. The van der Waals surface area contributed by atoms with Crippen LogP contribution in [0.2, 0.25) is 0 Å². The van der Waals surface area contributed by atoms with E-state index in [1.165, 1.54) is 12.3 Å². The van der Waals surface area contributed by atoms with Crippen molar-refractivity contribution < 1.29 is 13.2 Å². The van der Waals surface area contributed by atoms with Crippen molar-refractivity contribution in [1.82, 2.24) is 4.98 Å². The monoisotopic (exact) mass is 309 g/mol. The molecule has 1 rings (SSSR count). The fourth-order valence-corrected chi connectivity index (χ4v) is 2.72. The zero-order valence-corrected chi connectivity index (χ0v) is 11.3. The highest BCUT2D eigenvalue weighted by Gasteiger charge is 2.34. The molecule has 0 radical (unpaired) electrons. The molecule has 0 amide bonds. The predicted molar refractivity (Wildman–Crippen MR) is 65.1 cm³/mol. The summed E-state index contributed by atoms with van der Waals surface area (Å²) in [5.74, 6) is 0.442. The van der Waals surface area contributed by atoms with Gasteiger partial charge in [-0.3, -0.25) is 4.98 Å². The van der Waals surface area contributed by atoms with Crippen LogP contribution in [-0.2, 0) is 12.6 Å². The highest BCUT2D eigenvalue weighted by molar-refractivity contribution is 9.09. The minimum atomic E-state index is -4.33. The van der Waals surface area contributed by atoms with Gasteiger partial charge < -0.3 is 0 Å². The van der Waals surface area contributed by atoms with Crippen LogP contribution in [0.4, 0.5) is 13.2 Å². The molecule has 1 unspecified atom stereocenters. The van der Waals surface area contributed by atoms with Crippen LogP contribution in [-0.4, -0.2) is 9.81 Å². The van der Waals surface area contributed by atoms with Crippen LogP contribution >= 0.6 is 15.9 Å². The summed E-state index contributed by atoms with van der Waals surface area (Å²) in [7, 11) is 0. The molecule has 0 N–H and O–H groups in total. The standard InChI is InChI=1S/C12H15BrF3N/c1-8(2)6-9(13)7-11-10(12(14,15)16)4-3-5-17-11/h3-5,8-9H,6-7H2,1-2H3. The van der Waals surface area contributed by atoms with Gasteiger partial charge in [-0.25, -0.2) is 0 Å². The highest BCUT2D eigenvalue weighted by atomic mass is 79.9. The maximum absolute atomic E-state index is 12.7. The summed E-state index contributed by atoms with van der Waals surface area (Å²) >= 11 is 3.41. The molecular weight excluding hydrogens is 295 g/mol. The van der Waals surface area contributed by atoms with Gasteiger partial charge in [0.15, 0.2) is 0 Å². The summed E-state index contributed by atoms with van der Waals surface area (Å²) < 4.78 is 38.1. The van der Waals surface area contributed by atoms with Crippen LogP contribution in [0, 0.1) is 5.92 Å². The highest BCUT2D eigenvalue weighted by Crippen LogP contribution is 2.32. The summed E-state index contributed by atoms with van der Waals surface area (Å²) in [4.78, 5) is 3.87. The number of nitrogens with zero attached hydrogens (tertiary/aromatic N) is 1. The number of aromatic nitrogens is 1. The molecule has 0 aromatic carbocycles. The molecule has 0 spiro atoms. The quantitative estimate of drug-likeness (QED) is 0.749. The zero-order chi connectivity index (χ0) is 13.1. The van der Waals surface area contributed by atoms with E-state index in [0.717, 1.165) is 12.5 Å². The number of halogens is 4. The number of hydrogen-bond donors (Lipinski definition) is 0. The molecule has 1 aromatic rings. The minimum Gasteiger partial charge on any atom is -0.261 e. The van der Waals surface area contributed by atoms with E-state index in [1.807, 2.05) is 13.8 Å². The Hall–Kier alpha value is -0.580. The van der Waals surface area contributed by atoms with Crippen LogP contribution in [0.3, 0.4) is 0 Å². The van der Waals surface area contributed by atoms with Crippen LogP contribution in [0.5, 0.6) is 0 Å². The maximum atomic E-state index is 12.7. The summed E-state index contributed by atoms with van der Waals surface area (Å²) in [5.41, 5.74) is -0.518. The van der Waals surface area contributed by atoms with E-state index < -0.39 is 11.7 Å². The summed E-state index contributed by atoms with van der Waals surface area (Å²) in [6, 6.07) is 2.40. The molecule has 0 fully saturated rings. The lowest BCUT2D eigenvalue weighted by Gasteiger charge is -2.15. The van der Waals surface area contributed by atoms with E-state index in [0.29, 0.717) is 12.3 Å². The molecule has 0 saturated carbocycles. The fraction of sp³-hybridized carbons (Fsp3) is 0.583. The second kappa shape index (κ2) is 5.85. The summed E-state index contributed by atoms with van der Waals surface area (Å²) in [6.07, 6.45) is -1.80. The Labute approximate surface area is 108 Å². The third-order valence-corrected chi connectivity index (χ3v) is 3.04. The molecule has 1 aromatic heterocycles. The number of rotatable bonds is 4.